The lowest BCUT2D eigenvalue weighted by molar-refractivity contribution is 0.831. The van der Waals surface area contributed by atoms with Gasteiger partial charge >= 0.3 is 0 Å². The minimum absolute atomic E-state index is 0.588. The topological polar surface area (TPSA) is 0 Å². The lowest BCUT2D eigenvalue weighted by Crippen LogP contribution is -2.31. The molecule has 1 aliphatic rings. The van der Waals surface area contributed by atoms with E-state index in [1.807, 2.05) is 0 Å². The molecule has 1 atom stereocenters. The first-order valence-corrected chi connectivity index (χ1v) is 14.7. The molecular formula is C18H28Si2. The molecule has 0 aromatic heterocycles. The summed E-state index contributed by atoms with van der Waals surface area (Å²) in [5.74, 6) is 0.588. The van der Waals surface area contributed by atoms with Crippen molar-refractivity contribution in [3.63, 3.8) is 0 Å². The van der Waals surface area contributed by atoms with Crippen molar-refractivity contribution in [2.45, 2.75) is 51.6 Å². The Morgan fingerprint density at radius 1 is 0.850 bits per heavy atom. The Morgan fingerprint density at radius 3 is 1.95 bits per heavy atom. The van der Waals surface area contributed by atoms with Crippen LogP contribution < -0.4 is 0 Å². The standard InChI is InChI=1S/C18H28Si2/c1-19(2,3)17-12-16(15-10-8-7-9-11-15)13-18(14-17)20(4,5)6/h7-12,14,16H,13H2,1-6H3. The zero-order chi connectivity index (χ0) is 15.0. The largest absolute Gasteiger partial charge is 0.0803 e. The molecule has 108 valence electrons. The first kappa shape index (κ1) is 15.5. The summed E-state index contributed by atoms with van der Waals surface area (Å²) in [5.41, 5.74) is 1.48. The minimum atomic E-state index is -1.24. The monoisotopic (exact) mass is 300 g/mol. The second kappa shape index (κ2) is 5.49. The fourth-order valence-corrected chi connectivity index (χ4v) is 5.58. The molecule has 0 N–H and O–H groups in total. The third-order valence-electron chi connectivity index (χ3n) is 4.21. The third-order valence-corrected chi connectivity index (χ3v) is 8.53. The maximum absolute atomic E-state index is 2.57. The van der Waals surface area contributed by atoms with Gasteiger partial charge in [-0.3, -0.25) is 0 Å². The van der Waals surface area contributed by atoms with E-state index >= 15 is 0 Å². The highest BCUT2D eigenvalue weighted by Gasteiger charge is 2.29. The van der Waals surface area contributed by atoms with E-state index in [0.29, 0.717) is 5.92 Å². The second-order valence-electron chi connectivity index (χ2n) is 8.01. The predicted molar refractivity (Wildman–Crippen MR) is 96.7 cm³/mol. The first-order chi connectivity index (χ1) is 9.18. The van der Waals surface area contributed by atoms with E-state index in [1.54, 1.807) is 10.4 Å². The van der Waals surface area contributed by atoms with Crippen LogP contribution in [-0.2, 0) is 0 Å². The molecule has 2 heteroatoms. The Bertz CT molecular complexity index is 525. The summed E-state index contributed by atoms with van der Waals surface area (Å²) >= 11 is 0. The maximum Gasteiger partial charge on any atom is 0.0771 e. The van der Waals surface area contributed by atoms with Crippen molar-refractivity contribution in [2.24, 2.45) is 0 Å². The van der Waals surface area contributed by atoms with Crippen LogP contribution >= 0.6 is 0 Å². The molecule has 0 heterocycles. The molecule has 0 radical (unpaired) electrons. The Labute approximate surface area is 126 Å². The van der Waals surface area contributed by atoms with Gasteiger partial charge in [0.1, 0.15) is 0 Å². The Kier molecular flexibility index (Phi) is 4.26. The lowest BCUT2D eigenvalue weighted by Gasteiger charge is -2.32. The quantitative estimate of drug-likeness (QED) is 0.621. The van der Waals surface area contributed by atoms with Crippen LogP contribution in [0.4, 0.5) is 0 Å². The van der Waals surface area contributed by atoms with E-state index in [2.05, 4.69) is 81.8 Å². The molecule has 0 saturated heterocycles. The van der Waals surface area contributed by atoms with Crippen molar-refractivity contribution < 1.29 is 0 Å². The predicted octanol–water partition coefficient (Wildman–Crippen LogP) is 5.78. The molecule has 0 aliphatic heterocycles. The second-order valence-corrected chi connectivity index (χ2v) is 18.2. The van der Waals surface area contributed by atoms with Gasteiger partial charge in [-0.25, -0.2) is 0 Å². The molecule has 1 aromatic rings. The molecule has 0 bridgehead atoms. The molecule has 0 saturated carbocycles. The summed E-state index contributed by atoms with van der Waals surface area (Å²) in [7, 11) is -2.45. The normalized spacial score (nSPS) is 20.4. The Morgan fingerprint density at radius 2 is 1.45 bits per heavy atom. The molecule has 20 heavy (non-hydrogen) atoms. The van der Waals surface area contributed by atoms with Gasteiger partial charge in [-0.2, -0.15) is 0 Å². The van der Waals surface area contributed by atoms with Gasteiger partial charge in [-0.15, -0.1) is 0 Å². The summed E-state index contributed by atoms with van der Waals surface area (Å²) in [6.45, 7) is 14.8. The molecule has 0 fully saturated rings. The smallest absolute Gasteiger partial charge is 0.0771 e. The summed E-state index contributed by atoms with van der Waals surface area (Å²) in [4.78, 5) is 0. The van der Waals surface area contributed by atoms with E-state index in [0.717, 1.165) is 0 Å². The third kappa shape index (κ3) is 3.61. The minimum Gasteiger partial charge on any atom is -0.0803 e. The van der Waals surface area contributed by atoms with Crippen LogP contribution in [0.25, 0.3) is 0 Å². The Hall–Kier alpha value is -0.866. The maximum atomic E-state index is 2.57. The fraction of sp³-hybridized carbons (Fsp3) is 0.444. The molecular weight excluding hydrogens is 272 g/mol. The number of hydrogen-bond donors (Lipinski definition) is 0. The van der Waals surface area contributed by atoms with Crippen LogP contribution in [-0.4, -0.2) is 16.1 Å². The molecule has 1 aromatic carbocycles. The van der Waals surface area contributed by atoms with Crippen LogP contribution in [0.5, 0.6) is 0 Å². The van der Waals surface area contributed by atoms with Crippen molar-refractivity contribution in [2.75, 3.05) is 0 Å². The number of benzene rings is 1. The highest BCUT2D eigenvalue weighted by molar-refractivity contribution is 6.85. The molecule has 1 aliphatic carbocycles. The summed E-state index contributed by atoms with van der Waals surface area (Å²) in [6.07, 6.45) is 6.36. The summed E-state index contributed by atoms with van der Waals surface area (Å²) in [6, 6.07) is 11.0. The van der Waals surface area contributed by atoms with Crippen LogP contribution in [0.1, 0.15) is 17.9 Å². The van der Waals surface area contributed by atoms with Gasteiger partial charge in [0, 0.05) is 5.92 Å². The van der Waals surface area contributed by atoms with Crippen molar-refractivity contribution in [1.82, 2.24) is 0 Å². The SMILES string of the molecule is C[Si](C)(C)C1=CC(c2ccccc2)CC([Si](C)(C)C)=C1. The summed E-state index contributed by atoms with van der Waals surface area (Å²) < 4.78 is 0. The van der Waals surface area contributed by atoms with Crippen LogP contribution in [0.15, 0.2) is 52.9 Å². The van der Waals surface area contributed by atoms with Crippen molar-refractivity contribution in [1.29, 1.82) is 0 Å². The van der Waals surface area contributed by atoms with Gasteiger partial charge in [0.05, 0.1) is 16.1 Å². The van der Waals surface area contributed by atoms with Crippen LogP contribution in [0, 0.1) is 0 Å². The van der Waals surface area contributed by atoms with E-state index in [-0.39, 0.29) is 0 Å². The van der Waals surface area contributed by atoms with E-state index in [9.17, 15) is 0 Å². The Balaban J connectivity index is 2.43. The average molecular weight is 301 g/mol. The van der Waals surface area contributed by atoms with E-state index < -0.39 is 16.1 Å². The van der Waals surface area contributed by atoms with Crippen LogP contribution in [0.2, 0.25) is 39.3 Å². The average Bonchev–Trinajstić information content (AvgIpc) is 2.37. The molecule has 1 unspecified atom stereocenters. The van der Waals surface area contributed by atoms with Crippen molar-refractivity contribution >= 4 is 16.1 Å². The molecule has 2 rings (SSSR count). The fourth-order valence-electron chi connectivity index (χ4n) is 2.71. The van der Waals surface area contributed by atoms with Crippen molar-refractivity contribution in [3.8, 4) is 0 Å². The summed E-state index contributed by atoms with van der Waals surface area (Å²) in [5, 5.41) is 3.39. The number of allylic oxidation sites excluding steroid dienone is 4. The van der Waals surface area contributed by atoms with Gasteiger partial charge in [0.25, 0.3) is 0 Å². The highest BCUT2D eigenvalue weighted by atomic mass is 28.3. The van der Waals surface area contributed by atoms with Gasteiger partial charge < -0.3 is 0 Å². The molecule has 0 amide bonds. The van der Waals surface area contributed by atoms with Crippen LogP contribution in [0.3, 0.4) is 0 Å². The van der Waals surface area contributed by atoms with E-state index in [4.69, 9.17) is 0 Å². The van der Waals surface area contributed by atoms with Gasteiger partial charge in [0.15, 0.2) is 0 Å². The lowest BCUT2D eigenvalue weighted by atomic mass is 9.92. The molecule has 0 nitrogen and oxygen atoms in total. The highest BCUT2D eigenvalue weighted by Crippen LogP contribution is 2.37. The zero-order valence-corrected chi connectivity index (χ0v) is 15.8. The molecule has 0 spiro atoms. The van der Waals surface area contributed by atoms with Crippen molar-refractivity contribution in [3.05, 3.63) is 58.4 Å². The van der Waals surface area contributed by atoms with Gasteiger partial charge in [-0.1, -0.05) is 92.2 Å². The first-order valence-electron chi connectivity index (χ1n) is 7.66. The zero-order valence-electron chi connectivity index (χ0n) is 13.8. The number of hydrogen-bond acceptors (Lipinski definition) is 0. The number of rotatable bonds is 3. The van der Waals surface area contributed by atoms with E-state index in [1.165, 1.54) is 12.0 Å². The van der Waals surface area contributed by atoms with Gasteiger partial charge in [0.2, 0.25) is 0 Å². The van der Waals surface area contributed by atoms with Gasteiger partial charge in [-0.05, 0) is 12.0 Å².